The van der Waals surface area contributed by atoms with E-state index in [1.807, 2.05) is 19.9 Å². The number of amides is 1. The van der Waals surface area contributed by atoms with Crippen LogP contribution in [0.15, 0.2) is 23.3 Å². The van der Waals surface area contributed by atoms with E-state index in [-0.39, 0.29) is 11.9 Å². The Hall–Kier alpha value is -1.58. The third-order valence-corrected chi connectivity index (χ3v) is 2.38. The topological polar surface area (TPSA) is 55.4 Å². The van der Waals surface area contributed by atoms with E-state index in [2.05, 4.69) is 10.1 Å². The molecule has 88 valence electrons. The second-order valence-corrected chi connectivity index (χ2v) is 4.29. The molecule has 4 heteroatoms. The largest absolute Gasteiger partial charge is 0.466 e. The SMILES string of the molecule is COC(=O)C1=C[C@](C)(NC(C)=O)C=C(C)C1. The van der Waals surface area contributed by atoms with Gasteiger partial charge in [0.2, 0.25) is 5.91 Å². The van der Waals surface area contributed by atoms with Crippen LogP contribution in [0.25, 0.3) is 0 Å². The summed E-state index contributed by atoms with van der Waals surface area (Å²) >= 11 is 0. The minimum Gasteiger partial charge on any atom is -0.466 e. The Bertz CT molecular complexity index is 382. The standard InChI is InChI=1S/C12H17NO3/c1-8-5-10(11(15)16-4)7-12(3,6-8)13-9(2)14/h6-7H,5H2,1-4H3,(H,13,14)/t12-/m1/s1. The molecule has 0 aromatic rings. The fraction of sp³-hybridized carbons (Fsp3) is 0.500. The maximum Gasteiger partial charge on any atom is 0.333 e. The number of methoxy groups -OCH3 is 1. The second-order valence-electron chi connectivity index (χ2n) is 4.29. The van der Waals surface area contributed by atoms with Crippen molar-refractivity contribution in [3.05, 3.63) is 23.3 Å². The average molecular weight is 223 g/mol. The molecule has 1 aliphatic rings. The van der Waals surface area contributed by atoms with Crippen LogP contribution in [0.1, 0.15) is 27.2 Å². The average Bonchev–Trinajstić information content (AvgIpc) is 2.12. The molecule has 0 heterocycles. The molecule has 4 nitrogen and oxygen atoms in total. The molecule has 1 atom stereocenters. The van der Waals surface area contributed by atoms with Crippen LogP contribution in [0.2, 0.25) is 0 Å². The monoisotopic (exact) mass is 223 g/mol. The Labute approximate surface area is 95.4 Å². The molecule has 1 aliphatic carbocycles. The molecule has 0 spiro atoms. The van der Waals surface area contributed by atoms with Gasteiger partial charge in [-0.3, -0.25) is 4.79 Å². The highest BCUT2D eigenvalue weighted by Crippen LogP contribution is 2.25. The minimum atomic E-state index is -0.600. The van der Waals surface area contributed by atoms with Gasteiger partial charge in [-0.15, -0.1) is 0 Å². The van der Waals surface area contributed by atoms with E-state index in [1.54, 1.807) is 6.08 Å². The second kappa shape index (κ2) is 4.51. The van der Waals surface area contributed by atoms with E-state index in [9.17, 15) is 9.59 Å². The van der Waals surface area contributed by atoms with E-state index in [0.29, 0.717) is 12.0 Å². The van der Waals surface area contributed by atoms with Gasteiger partial charge in [0.1, 0.15) is 0 Å². The van der Waals surface area contributed by atoms with Gasteiger partial charge in [-0.05, 0) is 19.9 Å². The van der Waals surface area contributed by atoms with Crippen LogP contribution < -0.4 is 5.32 Å². The lowest BCUT2D eigenvalue weighted by molar-refractivity contribution is -0.136. The van der Waals surface area contributed by atoms with E-state index < -0.39 is 5.54 Å². The highest BCUT2D eigenvalue weighted by atomic mass is 16.5. The number of nitrogens with one attached hydrogen (secondary N) is 1. The predicted molar refractivity (Wildman–Crippen MR) is 60.7 cm³/mol. The lowest BCUT2D eigenvalue weighted by atomic mass is 9.87. The molecule has 1 rings (SSSR count). The van der Waals surface area contributed by atoms with E-state index in [0.717, 1.165) is 5.57 Å². The minimum absolute atomic E-state index is 0.131. The molecule has 16 heavy (non-hydrogen) atoms. The fourth-order valence-corrected chi connectivity index (χ4v) is 2.03. The first kappa shape index (κ1) is 12.5. The van der Waals surface area contributed by atoms with Gasteiger partial charge in [-0.2, -0.15) is 0 Å². The van der Waals surface area contributed by atoms with Crippen molar-refractivity contribution in [1.82, 2.24) is 5.32 Å². The highest BCUT2D eigenvalue weighted by molar-refractivity contribution is 5.90. The third kappa shape index (κ3) is 2.95. The number of esters is 1. The number of ether oxygens (including phenoxy) is 1. The maximum atomic E-state index is 11.5. The summed E-state index contributed by atoms with van der Waals surface area (Å²) in [6.45, 7) is 5.23. The smallest absolute Gasteiger partial charge is 0.333 e. The van der Waals surface area contributed by atoms with Gasteiger partial charge in [0, 0.05) is 18.9 Å². The summed E-state index contributed by atoms with van der Waals surface area (Å²) in [5.41, 5.74) is 1.02. The summed E-state index contributed by atoms with van der Waals surface area (Å²) in [5, 5.41) is 2.80. The van der Waals surface area contributed by atoms with Gasteiger partial charge in [-0.1, -0.05) is 11.6 Å². The van der Waals surface area contributed by atoms with Crippen molar-refractivity contribution in [2.75, 3.05) is 7.11 Å². The zero-order valence-corrected chi connectivity index (χ0v) is 10.1. The van der Waals surface area contributed by atoms with Crippen LogP contribution in [0.5, 0.6) is 0 Å². The van der Waals surface area contributed by atoms with Crippen molar-refractivity contribution < 1.29 is 14.3 Å². The molecular formula is C12H17NO3. The zero-order chi connectivity index (χ0) is 12.3. The van der Waals surface area contributed by atoms with E-state index in [1.165, 1.54) is 14.0 Å². The third-order valence-electron chi connectivity index (χ3n) is 2.38. The quantitative estimate of drug-likeness (QED) is 0.567. The molecule has 1 amide bonds. The molecule has 0 aromatic carbocycles. The molecule has 0 saturated heterocycles. The van der Waals surface area contributed by atoms with Crippen LogP contribution in [0.3, 0.4) is 0 Å². The van der Waals surface area contributed by atoms with Crippen LogP contribution >= 0.6 is 0 Å². The molecule has 0 aromatic heterocycles. The molecule has 0 fully saturated rings. The van der Waals surface area contributed by atoms with E-state index >= 15 is 0 Å². The van der Waals surface area contributed by atoms with Gasteiger partial charge in [0.15, 0.2) is 0 Å². The Morgan fingerprint density at radius 3 is 2.56 bits per heavy atom. The molecule has 0 bridgehead atoms. The molecule has 0 aliphatic heterocycles. The number of allylic oxidation sites excluding steroid dienone is 1. The molecule has 0 radical (unpaired) electrons. The summed E-state index contributed by atoms with van der Waals surface area (Å²) in [6.07, 6.45) is 4.26. The Balaban J connectivity index is 3.00. The Morgan fingerprint density at radius 1 is 1.44 bits per heavy atom. The van der Waals surface area contributed by atoms with Crippen LogP contribution in [0.4, 0.5) is 0 Å². The molecule has 0 unspecified atom stereocenters. The number of hydrogen-bond acceptors (Lipinski definition) is 3. The zero-order valence-electron chi connectivity index (χ0n) is 10.1. The summed E-state index contributed by atoms with van der Waals surface area (Å²) in [5.74, 6) is -0.474. The van der Waals surface area contributed by atoms with Gasteiger partial charge >= 0.3 is 5.97 Å². The first-order chi connectivity index (χ1) is 7.36. The molecule has 1 N–H and O–H groups in total. The predicted octanol–water partition coefficient (Wildman–Crippen LogP) is 1.33. The highest BCUT2D eigenvalue weighted by Gasteiger charge is 2.27. The van der Waals surface area contributed by atoms with E-state index in [4.69, 9.17) is 0 Å². The Morgan fingerprint density at radius 2 is 2.06 bits per heavy atom. The lowest BCUT2D eigenvalue weighted by Crippen LogP contribution is -2.43. The summed E-state index contributed by atoms with van der Waals surface area (Å²) in [7, 11) is 1.35. The van der Waals surface area contributed by atoms with Gasteiger partial charge in [-0.25, -0.2) is 4.79 Å². The first-order valence-corrected chi connectivity index (χ1v) is 5.13. The number of carbonyl (C=O) groups excluding carboxylic acids is 2. The van der Waals surface area contributed by atoms with Gasteiger partial charge in [0.05, 0.1) is 12.6 Å². The number of hydrogen-bond donors (Lipinski definition) is 1. The van der Waals surface area contributed by atoms with Crippen molar-refractivity contribution >= 4 is 11.9 Å². The number of rotatable bonds is 2. The first-order valence-electron chi connectivity index (χ1n) is 5.13. The van der Waals surface area contributed by atoms with Crippen molar-refractivity contribution in [2.45, 2.75) is 32.7 Å². The fourth-order valence-electron chi connectivity index (χ4n) is 2.03. The van der Waals surface area contributed by atoms with Crippen LogP contribution in [0, 0.1) is 0 Å². The Kier molecular flexibility index (Phi) is 3.52. The van der Waals surface area contributed by atoms with Gasteiger partial charge in [0.25, 0.3) is 0 Å². The lowest BCUT2D eigenvalue weighted by Gasteiger charge is -2.29. The molecular weight excluding hydrogens is 206 g/mol. The van der Waals surface area contributed by atoms with Crippen molar-refractivity contribution in [3.63, 3.8) is 0 Å². The number of carbonyl (C=O) groups is 2. The summed E-state index contributed by atoms with van der Waals surface area (Å²) in [6, 6.07) is 0. The summed E-state index contributed by atoms with van der Waals surface area (Å²) < 4.78 is 4.69. The van der Waals surface area contributed by atoms with Gasteiger partial charge < -0.3 is 10.1 Å². The summed E-state index contributed by atoms with van der Waals surface area (Å²) in [4.78, 5) is 22.5. The van der Waals surface area contributed by atoms with Crippen molar-refractivity contribution in [2.24, 2.45) is 0 Å². The van der Waals surface area contributed by atoms with Crippen LogP contribution in [-0.4, -0.2) is 24.5 Å². The van der Waals surface area contributed by atoms with Crippen molar-refractivity contribution in [3.8, 4) is 0 Å². The normalized spacial score (nSPS) is 24.2. The van der Waals surface area contributed by atoms with Crippen molar-refractivity contribution in [1.29, 1.82) is 0 Å². The van der Waals surface area contributed by atoms with Crippen LogP contribution in [-0.2, 0) is 14.3 Å². The molecule has 0 saturated carbocycles. The maximum absolute atomic E-state index is 11.5.